The number of methoxy groups -OCH3 is 1. The van der Waals surface area contributed by atoms with Gasteiger partial charge in [-0.2, -0.15) is 0 Å². The van der Waals surface area contributed by atoms with Gasteiger partial charge >= 0.3 is 0 Å². The maximum Gasteiger partial charge on any atom is 0.245 e. The van der Waals surface area contributed by atoms with Crippen molar-refractivity contribution in [1.82, 2.24) is 14.6 Å². The van der Waals surface area contributed by atoms with Gasteiger partial charge in [0.15, 0.2) is 0 Å². The summed E-state index contributed by atoms with van der Waals surface area (Å²) >= 11 is 0. The van der Waals surface area contributed by atoms with E-state index in [9.17, 15) is 0 Å². The molecule has 7 heteroatoms. The van der Waals surface area contributed by atoms with Gasteiger partial charge in [0.05, 0.1) is 43.2 Å². The summed E-state index contributed by atoms with van der Waals surface area (Å²) in [5, 5.41) is 9.09. The smallest absolute Gasteiger partial charge is 0.245 e. The second-order valence-corrected chi connectivity index (χ2v) is 6.73. The number of nitrogens with zero attached hydrogens (tertiary/aromatic N) is 4. The lowest BCUT2D eigenvalue weighted by Gasteiger charge is -2.29. The first-order valence-corrected chi connectivity index (χ1v) is 9.33. The van der Waals surface area contributed by atoms with Crippen molar-refractivity contribution in [2.24, 2.45) is 0 Å². The summed E-state index contributed by atoms with van der Waals surface area (Å²) in [5.74, 6) is 1.27. The van der Waals surface area contributed by atoms with E-state index in [1.54, 1.807) is 7.11 Å². The van der Waals surface area contributed by atoms with Gasteiger partial charge in [0.1, 0.15) is 5.75 Å². The Morgan fingerprint density at radius 1 is 1.07 bits per heavy atom. The maximum atomic E-state index is 5.61. The lowest BCUT2D eigenvalue weighted by molar-refractivity contribution is 0.122. The van der Waals surface area contributed by atoms with Crippen LogP contribution in [0.5, 0.6) is 5.75 Å². The average molecular weight is 375 g/mol. The van der Waals surface area contributed by atoms with Crippen LogP contribution >= 0.6 is 0 Å². The van der Waals surface area contributed by atoms with Crippen LogP contribution in [0.3, 0.4) is 0 Å². The van der Waals surface area contributed by atoms with Gasteiger partial charge in [0.25, 0.3) is 0 Å². The van der Waals surface area contributed by atoms with Crippen LogP contribution in [0.2, 0.25) is 0 Å². The predicted octanol–water partition coefficient (Wildman–Crippen LogP) is 3.47. The number of hydrogen-bond donors (Lipinski definition) is 1. The Kier molecular flexibility index (Phi) is 4.21. The lowest BCUT2D eigenvalue weighted by Crippen LogP contribution is -2.36. The number of benzene rings is 2. The van der Waals surface area contributed by atoms with Crippen molar-refractivity contribution in [3.05, 3.63) is 54.7 Å². The average Bonchev–Trinajstić information content (AvgIpc) is 3.13. The van der Waals surface area contributed by atoms with Gasteiger partial charge in [-0.3, -0.25) is 0 Å². The SMILES string of the molecule is COc1cc(N2CCOCC2)ccc1Nc1ncc2cc3ccccc3n2n1. The van der Waals surface area contributed by atoms with E-state index in [-0.39, 0.29) is 0 Å². The van der Waals surface area contributed by atoms with Crippen molar-refractivity contribution >= 4 is 33.7 Å². The highest BCUT2D eigenvalue weighted by atomic mass is 16.5. The van der Waals surface area contributed by atoms with Crippen LogP contribution < -0.4 is 15.0 Å². The van der Waals surface area contributed by atoms with Crippen molar-refractivity contribution in [3.8, 4) is 5.75 Å². The van der Waals surface area contributed by atoms with E-state index in [4.69, 9.17) is 9.47 Å². The van der Waals surface area contributed by atoms with Crippen LogP contribution in [0.1, 0.15) is 0 Å². The standard InChI is InChI=1S/C21H21N5O2/c1-27-20-13-16(25-8-10-28-11-9-25)6-7-18(20)23-21-22-14-17-12-15-4-2-3-5-19(15)26(17)24-21/h2-7,12-14H,8-11H2,1H3,(H,23,24). The predicted molar refractivity (Wildman–Crippen MR) is 110 cm³/mol. The van der Waals surface area contributed by atoms with E-state index in [0.717, 1.165) is 59.8 Å². The van der Waals surface area contributed by atoms with E-state index >= 15 is 0 Å². The number of nitrogens with one attached hydrogen (secondary N) is 1. The molecule has 0 aliphatic carbocycles. The summed E-state index contributed by atoms with van der Waals surface area (Å²) in [4.78, 5) is 6.76. The number of hydrogen-bond acceptors (Lipinski definition) is 6. The van der Waals surface area contributed by atoms with Crippen LogP contribution in [0.4, 0.5) is 17.3 Å². The Morgan fingerprint density at radius 2 is 1.93 bits per heavy atom. The molecule has 0 bridgehead atoms. The number of rotatable bonds is 4. The molecule has 0 amide bonds. The van der Waals surface area contributed by atoms with Crippen LogP contribution in [-0.2, 0) is 4.74 Å². The monoisotopic (exact) mass is 375 g/mol. The van der Waals surface area contributed by atoms with Gasteiger partial charge in [-0.1, -0.05) is 18.2 Å². The summed E-state index contributed by atoms with van der Waals surface area (Å²) in [6.07, 6.45) is 1.82. The summed E-state index contributed by atoms with van der Waals surface area (Å²) < 4.78 is 12.9. The maximum absolute atomic E-state index is 5.61. The molecular weight excluding hydrogens is 354 g/mol. The molecule has 142 valence electrons. The number of aromatic nitrogens is 3. The zero-order valence-electron chi connectivity index (χ0n) is 15.6. The van der Waals surface area contributed by atoms with Crippen LogP contribution in [0, 0.1) is 0 Å². The molecule has 1 saturated heterocycles. The van der Waals surface area contributed by atoms with Crippen molar-refractivity contribution in [2.75, 3.05) is 43.6 Å². The van der Waals surface area contributed by atoms with E-state index in [0.29, 0.717) is 5.95 Å². The third-order valence-corrected chi connectivity index (χ3v) is 5.03. The van der Waals surface area contributed by atoms with Gasteiger partial charge in [0, 0.05) is 30.2 Å². The van der Waals surface area contributed by atoms with Crippen LogP contribution in [-0.4, -0.2) is 48.0 Å². The molecule has 5 rings (SSSR count). The largest absolute Gasteiger partial charge is 0.494 e. The van der Waals surface area contributed by atoms with Crippen molar-refractivity contribution in [2.45, 2.75) is 0 Å². The fourth-order valence-electron chi connectivity index (χ4n) is 3.59. The number of para-hydroxylation sites is 1. The first-order chi connectivity index (χ1) is 13.8. The summed E-state index contributed by atoms with van der Waals surface area (Å²) in [7, 11) is 1.67. The Bertz CT molecular complexity index is 1130. The van der Waals surface area contributed by atoms with Crippen molar-refractivity contribution in [3.63, 3.8) is 0 Å². The van der Waals surface area contributed by atoms with Crippen molar-refractivity contribution < 1.29 is 9.47 Å². The minimum absolute atomic E-state index is 0.520. The molecular formula is C21H21N5O2. The topological polar surface area (TPSA) is 63.9 Å². The highest BCUT2D eigenvalue weighted by molar-refractivity contribution is 5.86. The molecule has 3 heterocycles. The second kappa shape index (κ2) is 7.01. The molecule has 1 aliphatic heterocycles. The molecule has 1 aliphatic rings. The van der Waals surface area contributed by atoms with E-state index in [1.165, 1.54) is 0 Å². The highest BCUT2D eigenvalue weighted by Crippen LogP contribution is 2.32. The Labute approximate surface area is 162 Å². The highest BCUT2D eigenvalue weighted by Gasteiger charge is 2.14. The summed E-state index contributed by atoms with van der Waals surface area (Å²) in [6.45, 7) is 3.27. The van der Waals surface area contributed by atoms with Gasteiger partial charge in [-0.05, 0) is 24.3 Å². The van der Waals surface area contributed by atoms with E-state index in [1.807, 2.05) is 35.0 Å². The molecule has 2 aromatic carbocycles. The summed E-state index contributed by atoms with van der Waals surface area (Å²) in [6, 6.07) is 16.4. The van der Waals surface area contributed by atoms with E-state index < -0.39 is 0 Å². The number of ether oxygens (including phenoxy) is 2. The number of anilines is 3. The molecule has 0 radical (unpaired) electrons. The molecule has 7 nitrogen and oxygen atoms in total. The molecule has 0 atom stereocenters. The quantitative estimate of drug-likeness (QED) is 0.589. The molecule has 2 aromatic heterocycles. The summed E-state index contributed by atoms with van der Waals surface area (Å²) in [5.41, 5.74) is 3.97. The molecule has 0 unspecified atom stereocenters. The second-order valence-electron chi connectivity index (χ2n) is 6.73. The molecule has 0 spiro atoms. The molecule has 0 saturated carbocycles. The number of morpholine rings is 1. The van der Waals surface area contributed by atoms with Gasteiger partial charge in [-0.15, -0.1) is 5.10 Å². The zero-order chi connectivity index (χ0) is 18.9. The number of fused-ring (bicyclic) bond motifs is 3. The minimum atomic E-state index is 0.520. The van der Waals surface area contributed by atoms with Gasteiger partial charge in [0.2, 0.25) is 5.95 Å². The van der Waals surface area contributed by atoms with Crippen molar-refractivity contribution in [1.29, 1.82) is 0 Å². The van der Waals surface area contributed by atoms with Gasteiger partial charge < -0.3 is 19.7 Å². The molecule has 4 aromatic rings. The molecule has 1 N–H and O–H groups in total. The van der Waals surface area contributed by atoms with Crippen LogP contribution in [0.15, 0.2) is 54.7 Å². The molecule has 1 fully saturated rings. The Morgan fingerprint density at radius 3 is 2.79 bits per heavy atom. The zero-order valence-corrected chi connectivity index (χ0v) is 15.6. The molecule has 28 heavy (non-hydrogen) atoms. The third kappa shape index (κ3) is 2.99. The fraction of sp³-hybridized carbons (Fsp3) is 0.238. The first-order valence-electron chi connectivity index (χ1n) is 9.33. The fourth-order valence-corrected chi connectivity index (χ4v) is 3.59. The van der Waals surface area contributed by atoms with E-state index in [2.05, 4.69) is 44.6 Å². The normalized spacial score (nSPS) is 14.5. The van der Waals surface area contributed by atoms with Crippen LogP contribution in [0.25, 0.3) is 16.4 Å². The Hall–Kier alpha value is -3.32. The third-order valence-electron chi connectivity index (χ3n) is 5.03. The minimum Gasteiger partial charge on any atom is -0.494 e. The lowest BCUT2D eigenvalue weighted by atomic mass is 10.2. The Balaban J connectivity index is 1.47. The van der Waals surface area contributed by atoms with Gasteiger partial charge in [-0.25, -0.2) is 9.50 Å². The first kappa shape index (κ1) is 16.8.